The van der Waals surface area contributed by atoms with Crippen molar-refractivity contribution in [3.8, 4) is 11.5 Å². The van der Waals surface area contributed by atoms with Gasteiger partial charge in [0.2, 0.25) is 0 Å². The monoisotopic (exact) mass is 334 g/mol. The van der Waals surface area contributed by atoms with Crippen molar-refractivity contribution in [1.82, 2.24) is 15.0 Å². The molecule has 2 heterocycles. The van der Waals surface area contributed by atoms with Crippen molar-refractivity contribution in [3.63, 3.8) is 0 Å². The lowest BCUT2D eigenvalue weighted by Crippen LogP contribution is -2.38. The van der Waals surface area contributed by atoms with Gasteiger partial charge < -0.3 is 10.3 Å². The third-order valence-corrected chi connectivity index (χ3v) is 5.08. The molecule has 1 saturated carbocycles. The van der Waals surface area contributed by atoms with Gasteiger partial charge in [0.1, 0.15) is 0 Å². The van der Waals surface area contributed by atoms with Gasteiger partial charge in [-0.25, -0.2) is 0 Å². The van der Waals surface area contributed by atoms with Crippen molar-refractivity contribution in [2.24, 2.45) is 17.6 Å². The van der Waals surface area contributed by atoms with Crippen LogP contribution in [0.5, 0.6) is 0 Å². The van der Waals surface area contributed by atoms with Crippen LogP contribution in [0.15, 0.2) is 34.9 Å². The van der Waals surface area contributed by atoms with Crippen LogP contribution in [0.25, 0.3) is 11.5 Å². The number of nitrogens with zero attached hydrogens (tertiary/aromatic N) is 3. The zero-order chi connectivity index (χ0) is 14.9. The molecule has 124 valence electrons. The van der Waals surface area contributed by atoms with Crippen LogP contribution in [0.4, 0.5) is 0 Å². The zero-order valence-electron chi connectivity index (χ0n) is 13.1. The molecule has 1 aliphatic carbocycles. The molecule has 4 rings (SSSR count). The highest BCUT2D eigenvalue weighted by atomic mass is 35.5. The molecule has 0 radical (unpaired) electrons. The molecular weight excluding hydrogens is 312 g/mol. The minimum Gasteiger partial charge on any atom is -0.334 e. The highest BCUT2D eigenvalue weighted by Gasteiger charge is 2.38. The Hall–Kier alpha value is -1.43. The Kier molecular flexibility index (Phi) is 4.99. The van der Waals surface area contributed by atoms with Gasteiger partial charge in [0, 0.05) is 24.7 Å². The summed E-state index contributed by atoms with van der Waals surface area (Å²) in [7, 11) is 0. The number of nitrogens with two attached hydrogens (primary N) is 1. The van der Waals surface area contributed by atoms with Gasteiger partial charge in [-0.1, -0.05) is 29.8 Å². The number of hydrogen-bond donors (Lipinski definition) is 1. The Morgan fingerprint density at radius 2 is 2.00 bits per heavy atom. The van der Waals surface area contributed by atoms with Gasteiger partial charge in [0.15, 0.2) is 5.82 Å². The summed E-state index contributed by atoms with van der Waals surface area (Å²) in [6.45, 7) is 2.95. The first-order valence-corrected chi connectivity index (χ1v) is 8.15. The number of aromatic nitrogens is 2. The summed E-state index contributed by atoms with van der Waals surface area (Å²) < 4.78 is 5.39. The molecule has 3 atom stereocenters. The molecule has 0 spiro atoms. The summed E-state index contributed by atoms with van der Waals surface area (Å²) in [4.78, 5) is 6.96. The van der Waals surface area contributed by atoms with Gasteiger partial charge in [-0.05, 0) is 36.8 Å². The number of hydrogen-bond acceptors (Lipinski definition) is 5. The Bertz CT molecular complexity index is 633. The van der Waals surface area contributed by atoms with E-state index in [0.717, 1.165) is 36.9 Å². The van der Waals surface area contributed by atoms with E-state index in [1.165, 1.54) is 19.3 Å². The minimum absolute atomic E-state index is 0. The number of halogens is 1. The third kappa shape index (κ3) is 3.42. The Labute approximate surface area is 142 Å². The molecule has 23 heavy (non-hydrogen) atoms. The molecule has 0 bridgehead atoms. The normalized spacial score (nSPS) is 27.4. The summed E-state index contributed by atoms with van der Waals surface area (Å²) >= 11 is 0. The zero-order valence-corrected chi connectivity index (χ0v) is 13.9. The molecule has 2 N–H and O–H groups in total. The van der Waals surface area contributed by atoms with Gasteiger partial charge in [0.25, 0.3) is 5.89 Å². The Morgan fingerprint density at radius 3 is 2.78 bits per heavy atom. The second kappa shape index (κ2) is 6.99. The van der Waals surface area contributed by atoms with E-state index in [1.807, 2.05) is 30.3 Å². The van der Waals surface area contributed by atoms with Crippen molar-refractivity contribution in [1.29, 1.82) is 0 Å². The molecule has 0 amide bonds. The van der Waals surface area contributed by atoms with E-state index in [4.69, 9.17) is 10.3 Å². The first-order valence-electron chi connectivity index (χ1n) is 8.15. The molecule has 5 nitrogen and oxygen atoms in total. The molecule has 2 aliphatic rings. The maximum absolute atomic E-state index is 6.28. The van der Waals surface area contributed by atoms with Crippen molar-refractivity contribution in [2.45, 2.75) is 31.8 Å². The van der Waals surface area contributed by atoms with Gasteiger partial charge >= 0.3 is 0 Å². The fourth-order valence-corrected chi connectivity index (χ4v) is 3.95. The molecule has 3 unspecified atom stereocenters. The number of fused-ring (bicyclic) bond motifs is 1. The van der Waals surface area contributed by atoms with Crippen LogP contribution in [0.1, 0.15) is 25.1 Å². The van der Waals surface area contributed by atoms with Crippen molar-refractivity contribution in [2.75, 3.05) is 13.1 Å². The van der Waals surface area contributed by atoms with E-state index < -0.39 is 0 Å². The van der Waals surface area contributed by atoms with Crippen molar-refractivity contribution < 1.29 is 4.52 Å². The summed E-state index contributed by atoms with van der Waals surface area (Å²) in [5.41, 5.74) is 7.25. The lowest BCUT2D eigenvalue weighted by Gasteiger charge is -2.29. The topological polar surface area (TPSA) is 68.2 Å². The van der Waals surface area contributed by atoms with E-state index in [1.54, 1.807) is 0 Å². The second-order valence-electron chi connectivity index (χ2n) is 6.59. The number of likely N-dealkylation sites (tertiary alicyclic amines) is 1. The van der Waals surface area contributed by atoms with Crippen LogP contribution in [-0.2, 0) is 6.54 Å². The fourth-order valence-electron chi connectivity index (χ4n) is 3.95. The fraction of sp³-hybridized carbons (Fsp3) is 0.529. The maximum Gasteiger partial charge on any atom is 0.257 e. The van der Waals surface area contributed by atoms with Gasteiger partial charge in [-0.2, -0.15) is 4.98 Å². The van der Waals surface area contributed by atoms with Gasteiger partial charge in [-0.3, -0.25) is 4.90 Å². The smallest absolute Gasteiger partial charge is 0.257 e. The molecule has 1 aliphatic heterocycles. The lowest BCUT2D eigenvalue weighted by molar-refractivity contribution is 0.259. The van der Waals surface area contributed by atoms with E-state index >= 15 is 0 Å². The largest absolute Gasteiger partial charge is 0.334 e. The van der Waals surface area contributed by atoms with E-state index in [-0.39, 0.29) is 12.4 Å². The molecule has 2 fully saturated rings. The second-order valence-corrected chi connectivity index (χ2v) is 6.59. The summed E-state index contributed by atoms with van der Waals surface area (Å²) in [6.07, 6.45) is 3.77. The van der Waals surface area contributed by atoms with Crippen LogP contribution >= 0.6 is 12.4 Å². The molecule has 1 saturated heterocycles. The lowest BCUT2D eigenvalue weighted by atomic mass is 9.78. The summed E-state index contributed by atoms with van der Waals surface area (Å²) in [6, 6.07) is 10.3. The Balaban J connectivity index is 0.00000156. The molecular formula is C17H23ClN4O. The first kappa shape index (κ1) is 16.4. The number of rotatable bonds is 3. The minimum atomic E-state index is 0. The average Bonchev–Trinajstić information content (AvgIpc) is 3.16. The van der Waals surface area contributed by atoms with Crippen LogP contribution in [0.3, 0.4) is 0 Å². The van der Waals surface area contributed by atoms with E-state index in [9.17, 15) is 0 Å². The first-order chi connectivity index (χ1) is 10.8. The predicted molar refractivity (Wildman–Crippen MR) is 91.1 cm³/mol. The molecule has 1 aromatic heterocycles. The molecule has 6 heteroatoms. The van der Waals surface area contributed by atoms with E-state index in [2.05, 4.69) is 15.0 Å². The van der Waals surface area contributed by atoms with Gasteiger partial charge in [0.05, 0.1) is 6.54 Å². The average molecular weight is 335 g/mol. The third-order valence-electron chi connectivity index (χ3n) is 5.08. The van der Waals surface area contributed by atoms with Crippen LogP contribution in [-0.4, -0.2) is 34.2 Å². The highest BCUT2D eigenvalue weighted by Crippen LogP contribution is 2.35. The number of benzene rings is 1. The van der Waals surface area contributed by atoms with E-state index in [0.29, 0.717) is 17.9 Å². The van der Waals surface area contributed by atoms with Crippen LogP contribution in [0.2, 0.25) is 0 Å². The predicted octanol–water partition coefficient (Wildman–Crippen LogP) is 2.72. The quantitative estimate of drug-likeness (QED) is 0.934. The van der Waals surface area contributed by atoms with Crippen molar-refractivity contribution >= 4 is 12.4 Å². The summed E-state index contributed by atoms with van der Waals surface area (Å²) in [5.74, 6) is 2.77. The highest BCUT2D eigenvalue weighted by molar-refractivity contribution is 5.85. The SMILES string of the molecule is Cl.NC1CCCC2CN(Cc3noc(-c4ccccc4)n3)CC12. The standard InChI is InChI=1S/C17H22N4O.ClH/c18-15-8-4-7-13-9-21(10-14(13)15)11-16-19-17(22-20-16)12-5-2-1-3-6-12;/h1-3,5-6,13-15H,4,7-11,18H2;1H. The van der Waals surface area contributed by atoms with Crippen molar-refractivity contribution in [3.05, 3.63) is 36.2 Å². The summed E-state index contributed by atoms with van der Waals surface area (Å²) in [5, 5.41) is 4.13. The van der Waals surface area contributed by atoms with Gasteiger partial charge in [-0.15, -0.1) is 12.4 Å². The molecule has 2 aromatic rings. The molecule has 1 aromatic carbocycles. The van der Waals surface area contributed by atoms with Crippen LogP contribution in [0, 0.1) is 11.8 Å². The van der Waals surface area contributed by atoms with Crippen LogP contribution < -0.4 is 5.73 Å². The Morgan fingerprint density at radius 1 is 1.17 bits per heavy atom. The maximum atomic E-state index is 6.28.